The lowest BCUT2D eigenvalue weighted by Gasteiger charge is -2.37. The minimum atomic E-state index is 0.197. The van der Waals surface area contributed by atoms with Gasteiger partial charge in [-0.05, 0) is 44.5 Å². The number of benzene rings is 1. The van der Waals surface area contributed by atoms with Gasteiger partial charge in [-0.2, -0.15) is 0 Å². The summed E-state index contributed by atoms with van der Waals surface area (Å²) in [4.78, 5) is 0. The van der Waals surface area contributed by atoms with Crippen LogP contribution in [-0.2, 0) is 5.54 Å². The van der Waals surface area contributed by atoms with E-state index in [9.17, 15) is 0 Å². The summed E-state index contributed by atoms with van der Waals surface area (Å²) in [6.45, 7) is 2.75. The zero-order valence-electron chi connectivity index (χ0n) is 11.0. The van der Waals surface area contributed by atoms with Gasteiger partial charge in [0.1, 0.15) is 5.75 Å². The molecule has 1 aromatic carbocycles. The summed E-state index contributed by atoms with van der Waals surface area (Å²) < 4.78 is 5.49. The number of ether oxygens (including phenoxy) is 1. The molecule has 0 aromatic heterocycles. The SMILES string of the molecule is CCOc1ccc(C2(NC)CCCCC2)cc1. The van der Waals surface area contributed by atoms with Gasteiger partial charge in [0.15, 0.2) is 0 Å². The second-order valence-electron chi connectivity index (χ2n) is 4.85. The highest BCUT2D eigenvalue weighted by molar-refractivity contribution is 5.32. The maximum absolute atomic E-state index is 5.49. The first-order valence-electron chi connectivity index (χ1n) is 6.73. The van der Waals surface area contributed by atoms with Gasteiger partial charge in [0, 0.05) is 5.54 Å². The highest BCUT2D eigenvalue weighted by atomic mass is 16.5. The van der Waals surface area contributed by atoms with Gasteiger partial charge in [-0.25, -0.2) is 0 Å². The van der Waals surface area contributed by atoms with Crippen LogP contribution in [0.15, 0.2) is 24.3 Å². The lowest BCUT2D eigenvalue weighted by atomic mass is 9.77. The second kappa shape index (κ2) is 5.54. The Kier molecular flexibility index (Phi) is 4.06. The van der Waals surface area contributed by atoms with Crippen molar-refractivity contribution in [3.8, 4) is 5.75 Å². The Labute approximate surface area is 104 Å². The molecule has 0 spiro atoms. The van der Waals surface area contributed by atoms with Crippen LogP contribution in [0.1, 0.15) is 44.6 Å². The van der Waals surface area contributed by atoms with Crippen LogP contribution in [0.25, 0.3) is 0 Å². The maximum Gasteiger partial charge on any atom is 0.119 e. The normalized spacial score (nSPS) is 18.9. The fraction of sp³-hybridized carbons (Fsp3) is 0.600. The van der Waals surface area contributed by atoms with Gasteiger partial charge >= 0.3 is 0 Å². The Balaban J connectivity index is 2.18. The smallest absolute Gasteiger partial charge is 0.119 e. The molecule has 2 heteroatoms. The zero-order chi connectivity index (χ0) is 12.1. The lowest BCUT2D eigenvalue weighted by molar-refractivity contribution is 0.250. The summed E-state index contributed by atoms with van der Waals surface area (Å²) in [6.07, 6.45) is 6.53. The van der Waals surface area contributed by atoms with E-state index >= 15 is 0 Å². The fourth-order valence-electron chi connectivity index (χ4n) is 2.88. The third-order valence-corrected chi connectivity index (χ3v) is 3.90. The van der Waals surface area contributed by atoms with Crippen LogP contribution in [0.3, 0.4) is 0 Å². The van der Waals surface area contributed by atoms with Crippen molar-refractivity contribution in [2.75, 3.05) is 13.7 Å². The molecular weight excluding hydrogens is 210 g/mol. The lowest BCUT2D eigenvalue weighted by Crippen LogP contribution is -2.41. The van der Waals surface area contributed by atoms with Crippen LogP contribution >= 0.6 is 0 Å². The predicted octanol–water partition coefficient (Wildman–Crippen LogP) is 3.46. The molecule has 17 heavy (non-hydrogen) atoms. The van der Waals surface area contributed by atoms with Crippen LogP contribution in [0.4, 0.5) is 0 Å². The van der Waals surface area contributed by atoms with Crippen molar-refractivity contribution in [3.63, 3.8) is 0 Å². The molecule has 1 aromatic rings. The molecule has 0 radical (unpaired) electrons. The average molecular weight is 233 g/mol. The van der Waals surface area contributed by atoms with Crippen LogP contribution in [-0.4, -0.2) is 13.7 Å². The molecule has 0 aliphatic heterocycles. The van der Waals surface area contributed by atoms with Gasteiger partial charge < -0.3 is 10.1 Å². The van der Waals surface area contributed by atoms with Crippen molar-refractivity contribution in [1.82, 2.24) is 5.32 Å². The average Bonchev–Trinajstić information content (AvgIpc) is 2.41. The summed E-state index contributed by atoms with van der Waals surface area (Å²) in [5.74, 6) is 0.971. The van der Waals surface area contributed by atoms with E-state index in [1.165, 1.54) is 37.7 Å². The number of rotatable bonds is 4. The molecule has 1 aliphatic carbocycles. The van der Waals surface area contributed by atoms with Gasteiger partial charge in [-0.3, -0.25) is 0 Å². The van der Waals surface area contributed by atoms with Crippen molar-refractivity contribution >= 4 is 0 Å². The Morgan fingerprint density at radius 1 is 1.12 bits per heavy atom. The highest BCUT2D eigenvalue weighted by Crippen LogP contribution is 2.37. The minimum Gasteiger partial charge on any atom is -0.494 e. The molecule has 0 bridgehead atoms. The molecule has 1 N–H and O–H groups in total. The summed E-state index contributed by atoms with van der Waals surface area (Å²) in [5, 5.41) is 3.54. The van der Waals surface area contributed by atoms with Crippen molar-refractivity contribution in [3.05, 3.63) is 29.8 Å². The molecule has 1 saturated carbocycles. The third-order valence-electron chi connectivity index (χ3n) is 3.90. The second-order valence-corrected chi connectivity index (χ2v) is 4.85. The molecule has 0 heterocycles. The highest BCUT2D eigenvalue weighted by Gasteiger charge is 2.31. The van der Waals surface area contributed by atoms with Crippen molar-refractivity contribution in [2.24, 2.45) is 0 Å². The number of hydrogen-bond donors (Lipinski definition) is 1. The summed E-state index contributed by atoms with van der Waals surface area (Å²) in [6, 6.07) is 8.61. The predicted molar refractivity (Wildman–Crippen MR) is 71.4 cm³/mol. The molecule has 1 aliphatic rings. The first-order valence-corrected chi connectivity index (χ1v) is 6.73. The van der Waals surface area contributed by atoms with E-state index in [1.807, 2.05) is 6.92 Å². The van der Waals surface area contributed by atoms with Crippen molar-refractivity contribution < 1.29 is 4.74 Å². The van der Waals surface area contributed by atoms with Gasteiger partial charge in [0.05, 0.1) is 6.61 Å². The van der Waals surface area contributed by atoms with Gasteiger partial charge in [0.25, 0.3) is 0 Å². The van der Waals surface area contributed by atoms with E-state index in [2.05, 4.69) is 36.6 Å². The maximum atomic E-state index is 5.49. The monoisotopic (exact) mass is 233 g/mol. The summed E-state index contributed by atoms with van der Waals surface area (Å²) in [7, 11) is 2.09. The molecular formula is C15H23NO. The third kappa shape index (κ3) is 2.63. The Morgan fingerprint density at radius 2 is 1.76 bits per heavy atom. The van der Waals surface area contributed by atoms with Crippen LogP contribution in [0, 0.1) is 0 Å². The van der Waals surface area contributed by atoms with Crippen LogP contribution in [0.2, 0.25) is 0 Å². The first kappa shape index (κ1) is 12.4. The van der Waals surface area contributed by atoms with E-state index in [1.54, 1.807) is 0 Å². The minimum absolute atomic E-state index is 0.197. The first-order chi connectivity index (χ1) is 8.30. The molecule has 0 unspecified atom stereocenters. The summed E-state index contributed by atoms with van der Waals surface area (Å²) >= 11 is 0. The molecule has 2 rings (SSSR count). The standard InChI is InChI=1S/C15H23NO/c1-3-17-14-9-7-13(8-10-14)15(16-2)11-5-4-6-12-15/h7-10,16H,3-6,11-12H2,1-2H3. The van der Waals surface area contributed by atoms with Gasteiger partial charge in [0.2, 0.25) is 0 Å². The van der Waals surface area contributed by atoms with E-state index in [4.69, 9.17) is 4.74 Å². The van der Waals surface area contributed by atoms with Gasteiger partial charge in [-0.1, -0.05) is 31.4 Å². The molecule has 1 fully saturated rings. The quantitative estimate of drug-likeness (QED) is 0.860. The van der Waals surface area contributed by atoms with Gasteiger partial charge in [-0.15, -0.1) is 0 Å². The molecule has 2 nitrogen and oxygen atoms in total. The van der Waals surface area contributed by atoms with Crippen molar-refractivity contribution in [2.45, 2.75) is 44.6 Å². The van der Waals surface area contributed by atoms with E-state index in [0.717, 1.165) is 12.4 Å². The largest absolute Gasteiger partial charge is 0.494 e. The Bertz CT molecular complexity index is 338. The summed E-state index contributed by atoms with van der Waals surface area (Å²) in [5.41, 5.74) is 1.60. The van der Waals surface area contributed by atoms with Crippen molar-refractivity contribution in [1.29, 1.82) is 0 Å². The molecule has 0 saturated heterocycles. The molecule has 0 atom stereocenters. The Hall–Kier alpha value is -1.02. The van der Waals surface area contributed by atoms with Crippen LogP contribution < -0.4 is 10.1 Å². The molecule has 94 valence electrons. The molecule has 0 amide bonds. The van der Waals surface area contributed by atoms with E-state index in [0.29, 0.717) is 0 Å². The number of nitrogens with one attached hydrogen (secondary N) is 1. The number of hydrogen-bond acceptors (Lipinski definition) is 2. The zero-order valence-corrected chi connectivity index (χ0v) is 11.0. The van der Waals surface area contributed by atoms with Crippen LogP contribution in [0.5, 0.6) is 5.75 Å². The fourth-order valence-corrected chi connectivity index (χ4v) is 2.88. The topological polar surface area (TPSA) is 21.3 Å². The van der Waals surface area contributed by atoms with E-state index < -0.39 is 0 Å². The van der Waals surface area contributed by atoms with E-state index in [-0.39, 0.29) is 5.54 Å². The Morgan fingerprint density at radius 3 is 2.29 bits per heavy atom.